The third-order valence-corrected chi connectivity index (χ3v) is 2.91. The largest absolute Gasteiger partial charge is 0.508 e. The Bertz CT molecular complexity index is 533. The van der Waals surface area contributed by atoms with E-state index < -0.39 is 0 Å². The Kier molecular flexibility index (Phi) is 3.15. The lowest BCUT2D eigenvalue weighted by Crippen LogP contribution is -1.90. The lowest BCUT2D eigenvalue weighted by atomic mass is 9.96. The molecule has 0 saturated carbocycles. The van der Waals surface area contributed by atoms with Gasteiger partial charge in [-0.05, 0) is 41.3 Å². The first-order chi connectivity index (χ1) is 8.49. The number of hydrogen-bond donors (Lipinski definition) is 3. The summed E-state index contributed by atoms with van der Waals surface area (Å²) in [6.07, 6.45) is 0. The van der Waals surface area contributed by atoms with Gasteiger partial charge in [0, 0.05) is 5.56 Å². The van der Waals surface area contributed by atoms with Gasteiger partial charge >= 0.3 is 0 Å². The maximum atomic E-state index is 9.95. The van der Waals surface area contributed by atoms with E-state index in [1.165, 1.54) is 0 Å². The minimum absolute atomic E-state index is 0.0545. The highest BCUT2D eigenvalue weighted by atomic mass is 16.3. The zero-order valence-electron chi connectivity index (χ0n) is 10.4. The monoisotopic (exact) mass is 244 g/mol. The van der Waals surface area contributed by atoms with Crippen LogP contribution in [0.3, 0.4) is 0 Å². The van der Waals surface area contributed by atoms with Gasteiger partial charge in [-0.25, -0.2) is 0 Å². The van der Waals surface area contributed by atoms with E-state index in [0.29, 0.717) is 5.56 Å². The molecule has 0 amide bonds. The van der Waals surface area contributed by atoms with Crippen LogP contribution in [0.5, 0.6) is 17.2 Å². The summed E-state index contributed by atoms with van der Waals surface area (Å²) < 4.78 is 0. The van der Waals surface area contributed by atoms with Crippen LogP contribution in [0.15, 0.2) is 36.4 Å². The molecule has 2 rings (SSSR count). The molecular weight excluding hydrogens is 228 g/mol. The molecule has 0 fully saturated rings. The number of benzene rings is 2. The van der Waals surface area contributed by atoms with Crippen molar-refractivity contribution in [2.24, 2.45) is 0 Å². The van der Waals surface area contributed by atoms with Gasteiger partial charge in [0.25, 0.3) is 0 Å². The molecule has 0 spiro atoms. The van der Waals surface area contributed by atoms with E-state index in [4.69, 9.17) is 0 Å². The van der Waals surface area contributed by atoms with Crippen molar-refractivity contribution >= 4 is 0 Å². The summed E-state index contributed by atoms with van der Waals surface area (Å²) >= 11 is 0. The summed E-state index contributed by atoms with van der Waals surface area (Å²) in [4.78, 5) is 0. The van der Waals surface area contributed by atoms with Crippen LogP contribution in [0, 0.1) is 0 Å². The van der Waals surface area contributed by atoms with Gasteiger partial charge in [0.15, 0.2) is 0 Å². The number of aromatic hydroxyl groups is 3. The van der Waals surface area contributed by atoms with E-state index >= 15 is 0 Å². The Balaban J connectivity index is 2.51. The molecule has 0 bridgehead atoms. The first kappa shape index (κ1) is 12.3. The van der Waals surface area contributed by atoms with Gasteiger partial charge in [-0.3, -0.25) is 0 Å². The molecule has 0 heterocycles. The quantitative estimate of drug-likeness (QED) is 0.756. The van der Waals surface area contributed by atoms with Crippen LogP contribution in [0.2, 0.25) is 0 Å². The summed E-state index contributed by atoms with van der Waals surface area (Å²) in [6.45, 7) is 3.82. The predicted molar refractivity (Wildman–Crippen MR) is 71.0 cm³/mol. The molecule has 0 atom stereocenters. The highest BCUT2D eigenvalue weighted by Crippen LogP contribution is 2.38. The molecule has 2 aromatic rings. The molecule has 0 aliphatic heterocycles. The Morgan fingerprint density at radius 2 is 1.28 bits per heavy atom. The molecule has 0 saturated heterocycles. The number of phenolic OH excluding ortho intramolecular Hbond substituents is 3. The molecule has 0 aliphatic carbocycles. The van der Waals surface area contributed by atoms with Gasteiger partial charge in [-0.2, -0.15) is 0 Å². The molecule has 3 N–H and O–H groups in total. The van der Waals surface area contributed by atoms with E-state index in [2.05, 4.69) is 0 Å². The molecule has 3 nitrogen and oxygen atoms in total. The lowest BCUT2D eigenvalue weighted by Gasteiger charge is -2.13. The smallest absolute Gasteiger partial charge is 0.123 e. The third kappa shape index (κ3) is 2.25. The van der Waals surface area contributed by atoms with E-state index in [-0.39, 0.29) is 23.2 Å². The first-order valence-corrected chi connectivity index (χ1v) is 5.84. The molecular formula is C15H16O3. The summed E-state index contributed by atoms with van der Waals surface area (Å²) in [7, 11) is 0. The van der Waals surface area contributed by atoms with Crippen LogP contribution in [0.25, 0.3) is 11.1 Å². The molecule has 0 unspecified atom stereocenters. The van der Waals surface area contributed by atoms with Crippen LogP contribution >= 0.6 is 0 Å². The third-order valence-electron chi connectivity index (χ3n) is 2.91. The number of phenols is 3. The molecule has 3 heteroatoms. The summed E-state index contributed by atoms with van der Waals surface area (Å²) in [5.74, 6) is 0.422. The summed E-state index contributed by atoms with van der Waals surface area (Å²) in [5.41, 5.74) is 2.10. The predicted octanol–water partition coefficient (Wildman–Crippen LogP) is 3.59. The standard InChI is InChI=1S/C15H16O3/c1-9(2)15-13(17)7-11(8-14(15)18)10-3-5-12(16)6-4-10/h3-9,16-18H,1-2H3. The Morgan fingerprint density at radius 1 is 0.778 bits per heavy atom. The fourth-order valence-electron chi connectivity index (χ4n) is 2.04. The Hall–Kier alpha value is -2.16. The molecule has 0 aromatic heterocycles. The SMILES string of the molecule is CC(C)c1c(O)cc(-c2ccc(O)cc2)cc1O. The summed E-state index contributed by atoms with van der Waals surface area (Å²) in [5, 5.41) is 29.1. The van der Waals surface area contributed by atoms with Crippen LogP contribution in [-0.4, -0.2) is 15.3 Å². The molecule has 18 heavy (non-hydrogen) atoms. The van der Waals surface area contributed by atoms with Crippen LogP contribution in [0.4, 0.5) is 0 Å². The van der Waals surface area contributed by atoms with Crippen molar-refractivity contribution in [3.05, 3.63) is 42.0 Å². The second kappa shape index (κ2) is 4.61. The number of rotatable bonds is 2. The van der Waals surface area contributed by atoms with Gasteiger partial charge in [0.05, 0.1) is 0 Å². The van der Waals surface area contributed by atoms with Gasteiger partial charge in [0.1, 0.15) is 17.2 Å². The van der Waals surface area contributed by atoms with E-state index in [1.807, 2.05) is 13.8 Å². The van der Waals surface area contributed by atoms with Crippen molar-refractivity contribution in [3.8, 4) is 28.4 Å². The maximum absolute atomic E-state index is 9.95. The van der Waals surface area contributed by atoms with Crippen molar-refractivity contribution in [2.75, 3.05) is 0 Å². The van der Waals surface area contributed by atoms with Crippen LogP contribution in [0.1, 0.15) is 25.3 Å². The van der Waals surface area contributed by atoms with Crippen LogP contribution in [-0.2, 0) is 0 Å². The molecule has 0 aliphatic rings. The summed E-state index contributed by atoms with van der Waals surface area (Å²) in [6, 6.07) is 9.86. The average molecular weight is 244 g/mol. The van der Waals surface area contributed by atoms with Crippen LogP contribution < -0.4 is 0 Å². The number of hydrogen-bond acceptors (Lipinski definition) is 3. The Labute approximate surface area is 106 Å². The average Bonchev–Trinajstić information content (AvgIpc) is 2.28. The maximum Gasteiger partial charge on any atom is 0.123 e. The van der Waals surface area contributed by atoms with E-state index in [0.717, 1.165) is 11.1 Å². The van der Waals surface area contributed by atoms with E-state index in [9.17, 15) is 15.3 Å². The fourth-order valence-corrected chi connectivity index (χ4v) is 2.04. The highest BCUT2D eigenvalue weighted by molar-refractivity contribution is 5.69. The van der Waals surface area contributed by atoms with Gasteiger partial charge in [-0.1, -0.05) is 26.0 Å². The minimum Gasteiger partial charge on any atom is -0.508 e. The second-order valence-electron chi connectivity index (χ2n) is 4.63. The van der Waals surface area contributed by atoms with Gasteiger partial charge in [-0.15, -0.1) is 0 Å². The lowest BCUT2D eigenvalue weighted by molar-refractivity contribution is 0.434. The van der Waals surface area contributed by atoms with Gasteiger partial charge < -0.3 is 15.3 Å². The van der Waals surface area contributed by atoms with E-state index in [1.54, 1.807) is 36.4 Å². The van der Waals surface area contributed by atoms with Crippen molar-refractivity contribution in [3.63, 3.8) is 0 Å². The normalized spacial score (nSPS) is 10.8. The first-order valence-electron chi connectivity index (χ1n) is 5.84. The zero-order chi connectivity index (χ0) is 13.3. The molecule has 94 valence electrons. The molecule has 2 aromatic carbocycles. The Morgan fingerprint density at radius 3 is 1.72 bits per heavy atom. The van der Waals surface area contributed by atoms with Gasteiger partial charge in [0.2, 0.25) is 0 Å². The van der Waals surface area contributed by atoms with Crippen molar-refractivity contribution in [1.29, 1.82) is 0 Å². The minimum atomic E-state index is 0.0545. The van der Waals surface area contributed by atoms with Crippen molar-refractivity contribution < 1.29 is 15.3 Å². The molecule has 0 radical (unpaired) electrons. The highest BCUT2D eigenvalue weighted by Gasteiger charge is 2.13. The fraction of sp³-hybridized carbons (Fsp3) is 0.200. The second-order valence-corrected chi connectivity index (χ2v) is 4.63. The topological polar surface area (TPSA) is 60.7 Å². The zero-order valence-corrected chi connectivity index (χ0v) is 10.4. The van der Waals surface area contributed by atoms with Crippen molar-refractivity contribution in [2.45, 2.75) is 19.8 Å². The van der Waals surface area contributed by atoms with Crippen molar-refractivity contribution in [1.82, 2.24) is 0 Å².